The van der Waals surface area contributed by atoms with Crippen molar-refractivity contribution in [2.24, 2.45) is 0 Å². The van der Waals surface area contributed by atoms with Crippen LogP contribution in [0.1, 0.15) is 22.3 Å². The first kappa shape index (κ1) is 19.7. The van der Waals surface area contributed by atoms with Crippen LogP contribution in [0, 0.1) is 27.7 Å². The Morgan fingerprint density at radius 3 is 0.828 bits per heavy atom. The van der Waals surface area contributed by atoms with Crippen molar-refractivity contribution < 1.29 is 0 Å². The molecule has 4 aromatic rings. The molecule has 0 bridgehead atoms. The topological polar surface area (TPSA) is 0 Å². The predicted molar refractivity (Wildman–Crippen MR) is 129 cm³/mol. The Labute approximate surface area is 177 Å². The molecule has 0 amide bonds. The van der Waals surface area contributed by atoms with Gasteiger partial charge in [-0.05, 0) is 27.7 Å². The third-order valence-electron chi connectivity index (χ3n) is 6.17. The van der Waals surface area contributed by atoms with Gasteiger partial charge in [-0.2, -0.15) is 0 Å². The van der Waals surface area contributed by atoms with Crippen LogP contribution in [0.25, 0.3) is 0 Å². The molecule has 0 radical (unpaired) electrons. The molecule has 0 saturated carbocycles. The molecule has 0 atom stereocenters. The summed E-state index contributed by atoms with van der Waals surface area (Å²) >= 11 is -2.84. The summed E-state index contributed by atoms with van der Waals surface area (Å²) in [6, 6.07) is 36.8. The molecule has 0 fully saturated rings. The second kappa shape index (κ2) is 8.04. The van der Waals surface area contributed by atoms with Gasteiger partial charge in [-0.3, -0.25) is 0 Å². The van der Waals surface area contributed by atoms with Gasteiger partial charge in [0.25, 0.3) is 13.1 Å². The third kappa shape index (κ3) is 3.69. The van der Waals surface area contributed by atoms with Crippen LogP contribution >= 0.6 is 0 Å². The lowest BCUT2D eigenvalue weighted by atomic mass is 10.2. The van der Waals surface area contributed by atoms with Gasteiger partial charge in [-0.25, -0.2) is 17.7 Å². The number of benzene rings is 4. The van der Waals surface area contributed by atoms with Crippen LogP contribution in [0.15, 0.2) is 97.1 Å². The number of hydrogen-bond donors (Lipinski definition) is 0. The van der Waals surface area contributed by atoms with Crippen molar-refractivity contribution in [2.45, 2.75) is 27.7 Å². The minimum Gasteiger partial charge on any atom is -0.218 e. The molecule has 4 rings (SSSR count). The van der Waals surface area contributed by atoms with E-state index in [-0.39, 0.29) is 0 Å². The molecular formula is C28H28Al-. The van der Waals surface area contributed by atoms with Gasteiger partial charge in [-0.1, -0.05) is 70.8 Å². The predicted octanol–water partition coefficient (Wildman–Crippen LogP) is 4.30. The molecule has 0 heterocycles. The number of rotatable bonds is 4. The van der Waals surface area contributed by atoms with Crippen LogP contribution < -0.4 is 17.7 Å². The Hall–Kier alpha value is -2.59. The Morgan fingerprint density at radius 2 is 0.621 bits per heavy atom. The summed E-state index contributed by atoms with van der Waals surface area (Å²) in [5.41, 5.74) is 5.28. The summed E-state index contributed by atoms with van der Waals surface area (Å²) in [7, 11) is 0. The summed E-state index contributed by atoms with van der Waals surface area (Å²) in [6.07, 6.45) is 0. The molecule has 29 heavy (non-hydrogen) atoms. The molecule has 0 aliphatic rings. The Kier molecular flexibility index (Phi) is 5.46. The quantitative estimate of drug-likeness (QED) is 0.455. The van der Waals surface area contributed by atoms with Crippen LogP contribution in [-0.4, -0.2) is 13.1 Å². The first-order valence-corrected chi connectivity index (χ1v) is 12.7. The zero-order chi connectivity index (χ0) is 20.4. The van der Waals surface area contributed by atoms with E-state index in [2.05, 4.69) is 125 Å². The molecule has 0 aliphatic carbocycles. The second-order valence-corrected chi connectivity index (χ2v) is 12.9. The average molecular weight is 392 g/mol. The van der Waals surface area contributed by atoms with Crippen molar-refractivity contribution in [1.82, 2.24) is 0 Å². The Bertz CT molecular complexity index is 969. The largest absolute Gasteiger partial charge is 0.267 e. The van der Waals surface area contributed by atoms with E-state index in [9.17, 15) is 0 Å². The molecule has 0 N–H and O–H groups in total. The molecular weight excluding hydrogens is 363 g/mol. The minimum absolute atomic E-state index is 1.32. The Balaban J connectivity index is 2.19. The van der Waals surface area contributed by atoms with Crippen molar-refractivity contribution in [1.29, 1.82) is 0 Å². The van der Waals surface area contributed by atoms with Crippen molar-refractivity contribution in [2.75, 3.05) is 0 Å². The van der Waals surface area contributed by atoms with Gasteiger partial charge in [0.2, 0.25) is 0 Å². The van der Waals surface area contributed by atoms with E-state index >= 15 is 0 Å². The zero-order valence-electron chi connectivity index (χ0n) is 17.8. The van der Waals surface area contributed by atoms with E-state index in [1.54, 1.807) is 0 Å². The summed E-state index contributed by atoms with van der Waals surface area (Å²) in [4.78, 5) is 0. The molecule has 4 aromatic carbocycles. The van der Waals surface area contributed by atoms with Gasteiger partial charge in [-0.15, -0.1) is 48.5 Å². The highest BCUT2D eigenvalue weighted by Gasteiger charge is 2.36. The number of hydrogen-bond acceptors (Lipinski definition) is 0. The highest BCUT2D eigenvalue weighted by Crippen LogP contribution is 2.13. The van der Waals surface area contributed by atoms with Gasteiger partial charge >= 0.3 is 0 Å². The Morgan fingerprint density at radius 1 is 0.379 bits per heavy atom. The van der Waals surface area contributed by atoms with Crippen molar-refractivity contribution in [3.05, 3.63) is 119 Å². The molecule has 144 valence electrons. The first-order chi connectivity index (χ1) is 14.0. The molecule has 0 spiro atoms. The highest BCUT2D eigenvalue weighted by molar-refractivity contribution is 7.19. The van der Waals surface area contributed by atoms with E-state index in [4.69, 9.17) is 0 Å². The zero-order valence-corrected chi connectivity index (χ0v) is 19.0. The standard InChI is InChI=1S/4C7H7.Al/c4*1-7-5-3-2-4-6-7;/h4*2-3,5-6H,1H3;/q;;;;-1. The van der Waals surface area contributed by atoms with E-state index in [1.165, 1.54) is 40.0 Å². The lowest BCUT2D eigenvalue weighted by molar-refractivity contribution is 1.46. The molecule has 1 heteroatoms. The molecule has 0 nitrogen and oxygen atoms in total. The lowest BCUT2D eigenvalue weighted by Gasteiger charge is -2.41. The maximum absolute atomic E-state index is 2.84. The molecule has 0 aliphatic heterocycles. The van der Waals surface area contributed by atoms with Crippen molar-refractivity contribution >= 4 is 30.8 Å². The highest BCUT2D eigenvalue weighted by atomic mass is 27.2. The van der Waals surface area contributed by atoms with Crippen LogP contribution in [0.2, 0.25) is 0 Å². The van der Waals surface area contributed by atoms with E-state index in [0.717, 1.165) is 0 Å². The van der Waals surface area contributed by atoms with Crippen LogP contribution in [0.3, 0.4) is 0 Å². The van der Waals surface area contributed by atoms with Crippen LogP contribution in [0.5, 0.6) is 0 Å². The van der Waals surface area contributed by atoms with Crippen molar-refractivity contribution in [3.8, 4) is 0 Å². The fourth-order valence-corrected chi connectivity index (χ4v) is 10.9. The molecule has 0 saturated heterocycles. The van der Waals surface area contributed by atoms with Gasteiger partial charge in [0.05, 0.1) is 0 Å². The van der Waals surface area contributed by atoms with Gasteiger partial charge in [0, 0.05) is 0 Å². The normalized spacial score (nSPS) is 11.4. The van der Waals surface area contributed by atoms with Crippen LogP contribution in [-0.2, 0) is 0 Å². The molecule has 0 aromatic heterocycles. The summed E-state index contributed by atoms with van der Waals surface area (Å²) < 4.78 is 5.89. The van der Waals surface area contributed by atoms with Gasteiger partial charge < -0.3 is 0 Å². The lowest BCUT2D eigenvalue weighted by Crippen LogP contribution is -2.75. The van der Waals surface area contributed by atoms with E-state index in [0.29, 0.717) is 0 Å². The fraction of sp³-hybridized carbons (Fsp3) is 0.143. The van der Waals surface area contributed by atoms with Gasteiger partial charge in [0.1, 0.15) is 0 Å². The smallest absolute Gasteiger partial charge is 0.218 e. The van der Waals surface area contributed by atoms with Gasteiger partial charge in [0.15, 0.2) is 0 Å². The van der Waals surface area contributed by atoms with E-state index in [1.807, 2.05) is 0 Å². The SMILES string of the molecule is Cc1ccc[c]([Al-]([c]2cccc(C)c2)([c]2cccc(C)c2)[c]2cccc(C)c2)c1. The average Bonchev–Trinajstić information content (AvgIpc) is 2.69. The maximum Gasteiger partial charge on any atom is 0.267 e. The fourth-order valence-electron chi connectivity index (χ4n) is 4.91. The van der Waals surface area contributed by atoms with E-state index < -0.39 is 13.1 Å². The summed E-state index contributed by atoms with van der Waals surface area (Å²) in [5.74, 6) is 0. The summed E-state index contributed by atoms with van der Waals surface area (Å²) in [5, 5.41) is 0. The maximum atomic E-state index is 2.41. The monoisotopic (exact) mass is 391 g/mol. The first-order valence-electron chi connectivity index (χ1n) is 10.4. The van der Waals surface area contributed by atoms with Crippen LogP contribution in [0.4, 0.5) is 0 Å². The molecule has 0 unspecified atom stereocenters. The summed E-state index contributed by atoms with van der Waals surface area (Å²) in [6.45, 7) is 8.82. The second-order valence-electron chi connectivity index (χ2n) is 8.52. The minimum atomic E-state index is -2.84. The third-order valence-corrected chi connectivity index (χ3v) is 11.6. The van der Waals surface area contributed by atoms with Crippen molar-refractivity contribution in [3.63, 3.8) is 0 Å². The number of aryl methyl sites for hydroxylation is 4.